The molecule has 1 aromatic carbocycles. The highest BCUT2D eigenvalue weighted by Gasteiger charge is 2.27. The van der Waals surface area contributed by atoms with Gasteiger partial charge in [-0.15, -0.1) is 0 Å². The molecule has 0 aliphatic carbocycles. The van der Waals surface area contributed by atoms with Crippen LogP contribution in [-0.2, 0) is 16.0 Å². The van der Waals surface area contributed by atoms with Crippen molar-refractivity contribution in [1.29, 1.82) is 0 Å². The molecule has 1 N–H and O–H groups in total. The van der Waals surface area contributed by atoms with Crippen LogP contribution in [0.15, 0.2) is 28.8 Å². The number of aromatic nitrogens is 2. The molecule has 2 aromatic rings. The quantitative estimate of drug-likeness (QED) is 0.682. The maximum absolute atomic E-state index is 12.7. The highest BCUT2D eigenvalue weighted by atomic mass is 16.6. The minimum absolute atomic E-state index is 0.0880. The highest BCUT2D eigenvalue weighted by molar-refractivity contribution is 5.85. The summed E-state index contributed by atoms with van der Waals surface area (Å²) in [6, 6.07) is 7.43. The maximum Gasteiger partial charge on any atom is 0.408 e. The molecule has 180 valence electrons. The number of benzene rings is 1. The van der Waals surface area contributed by atoms with E-state index in [9.17, 15) is 9.59 Å². The van der Waals surface area contributed by atoms with Crippen LogP contribution in [0.25, 0.3) is 11.4 Å². The van der Waals surface area contributed by atoms with Gasteiger partial charge in [0.1, 0.15) is 11.6 Å². The molecule has 2 amide bonds. The molecule has 1 unspecified atom stereocenters. The standard InChI is InChI=1S/C24H35N5O4/c1-17-8-10-19(11-9-17)21-26-20(33-27-21)7-6-12-28-13-15-29(16-14-28)22(30)18(2)25-23(31)32-24(3,4)5/h8-11,18H,6-7,12-16H2,1-5H3,(H,25,31). The van der Waals surface area contributed by atoms with Gasteiger partial charge in [-0.1, -0.05) is 35.0 Å². The van der Waals surface area contributed by atoms with Crippen molar-refractivity contribution in [3.8, 4) is 11.4 Å². The topological polar surface area (TPSA) is 101 Å². The number of amides is 2. The zero-order valence-corrected chi connectivity index (χ0v) is 20.3. The van der Waals surface area contributed by atoms with Crippen LogP contribution in [0.1, 0.15) is 45.6 Å². The van der Waals surface area contributed by atoms with Gasteiger partial charge in [0, 0.05) is 38.2 Å². The van der Waals surface area contributed by atoms with E-state index in [1.807, 2.05) is 31.2 Å². The van der Waals surface area contributed by atoms with Gasteiger partial charge in [-0.2, -0.15) is 4.98 Å². The first kappa shape index (κ1) is 24.7. The van der Waals surface area contributed by atoms with E-state index < -0.39 is 17.7 Å². The number of piperazine rings is 1. The molecule has 9 nitrogen and oxygen atoms in total. The van der Waals surface area contributed by atoms with E-state index in [2.05, 4.69) is 20.4 Å². The molecule has 0 radical (unpaired) electrons. The van der Waals surface area contributed by atoms with Gasteiger partial charge in [0.15, 0.2) is 0 Å². The zero-order chi connectivity index (χ0) is 24.0. The molecule has 1 saturated heterocycles. The fourth-order valence-corrected chi connectivity index (χ4v) is 3.64. The molecule has 9 heteroatoms. The van der Waals surface area contributed by atoms with Crippen LogP contribution < -0.4 is 5.32 Å². The Hall–Kier alpha value is -2.94. The van der Waals surface area contributed by atoms with E-state index in [0.717, 1.165) is 38.0 Å². The summed E-state index contributed by atoms with van der Waals surface area (Å²) in [5.41, 5.74) is 1.55. The number of hydrogen-bond donors (Lipinski definition) is 1. The number of nitrogens with one attached hydrogen (secondary N) is 1. The van der Waals surface area contributed by atoms with Gasteiger partial charge in [-0.3, -0.25) is 9.69 Å². The third kappa shape index (κ3) is 7.56. The van der Waals surface area contributed by atoms with Crippen LogP contribution in [-0.4, -0.2) is 76.3 Å². The van der Waals surface area contributed by atoms with E-state index >= 15 is 0 Å². The summed E-state index contributed by atoms with van der Waals surface area (Å²) in [7, 11) is 0. The summed E-state index contributed by atoms with van der Waals surface area (Å²) in [5, 5.41) is 6.71. The lowest BCUT2D eigenvalue weighted by molar-refractivity contribution is -0.134. The van der Waals surface area contributed by atoms with Gasteiger partial charge in [-0.05, 0) is 47.6 Å². The first-order valence-corrected chi connectivity index (χ1v) is 11.5. The van der Waals surface area contributed by atoms with Crippen molar-refractivity contribution < 1.29 is 18.8 Å². The number of nitrogens with zero attached hydrogens (tertiary/aromatic N) is 4. The fraction of sp³-hybridized carbons (Fsp3) is 0.583. The number of ether oxygens (including phenoxy) is 1. The average molecular weight is 458 g/mol. The summed E-state index contributed by atoms with van der Waals surface area (Å²) in [5.74, 6) is 1.17. The zero-order valence-electron chi connectivity index (χ0n) is 20.3. The van der Waals surface area contributed by atoms with Gasteiger partial charge in [0.05, 0.1) is 0 Å². The Balaban J connectivity index is 1.37. The second-order valence-corrected chi connectivity index (χ2v) is 9.52. The van der Waals surface area contributed by atoms with Crippen molar-refractivity contribution in [2.75, 3.05) is 32.7 Å². The van der Waals surface area contributed by atoms with Crippen LogP contribution in [0.4, 0.5) is 4.79 Å². The van der Waals surface area contributed by atoms with E-state index in [1.165, 1.54) is 5.56 Å². The molecular weight excluding hydrogens is 422 g/mol. The lowest BCUT2D eigenvalue weighted by Gasteiger charge is -2.36. The summed E-state index contributed by atoms with van der Waals surface area (Å²) < 4.78 is 10.6. The van der Waals surface area contributed by atoms with E-state index in [0.29, 0.717) is 24.8 Å². The minimum Gasteiger partial charge on any atom is -0.444 e. The third-order valence-corrected chi connectivity index (χ3v) is 5.43. The molecule has 33 heavy (non-hydrogen) atoms. The summed E-state index contributed by atoms with van der Waals surface area (Å²) in [4.78, 5) is 33.2. The summed E-state index contributed by atoms with van der Waals surface area (Å²) >= 11 is 0. The van der Waals surface area contributed by atoms with Crippen LogP contribution in [0, 0.1) is 6.92 Å². The molecule has 2 heterocycles. The minimum atomic E-state index is -0.619. The van der Waals surface area contributed by atoms with Crippen LogP contribution >= 0.6 is 0 Å². The van der Waals surface area contributed by atoms with Crippen molar-refractivity contribution in [3.63, 3.8) is 0 Å². The molecule has 1 aromatic heterocycles. The van der Waals surface area contributed by atoms with Crippen LogP contribution in [0.2, 0.25) is 0 Å². The van der Waals surface area contributed by atoms with Crippen molar-refractivity contribution in [2.45, 2.75) is 59.1 Å². The first-order chi connectivity index (χ1) is 15.6. The Morgan fingerprint density at radius 1 is 1.15 bits per heavy atom. The molecule has 0 spiro atoms. The Morgan fingerprint density at radius 2 is 1.82 bits per heavy atom. The van der Waals surface area contributed by atoms with Crippen molar-refractivity contribution in [1.82, 2.24) is 25.3 Å². The number of alkyl carbamates (subject to hydrolysis) is 1. The van der Waals surface area contributed by atoms with Crippen molar-refractivity contribution in [2.24, 2.45) is 0 Å². The Bertz CT molecular complexity index is 927. The predicted molar refractivity (Wildman–Crippen MR) is 125 cm³/mol. The lowest BCUT2D eigenvalue weighted by Crippen LogP contribution is -2.54. The molecule has 0 bridgehead atoms. The molecule has 3 rings (SSSR count). The van der Waals surface area contributed by atoms with Crippen molar-refractivity contribution in [3.05, 3.63) is 35.7 Å². The second-order valence-electron chi connectivity index (χ2n) is 9.52. The molecule has 1 fully saturated rings. The van der Waals surface area contributed by atoms with Gasteiger partial charge in [0.2, 0.25) is 17.6 Å². The monoisotopic (exact) mass is 457 g/mol. The Labute approximate surface area is 195 Å². The number of carbonyl (C=O) groups excluding carboxylic acids is 2. The lowest BCUT2D eigenvalue weighted by atomic mass is 10.1. The van der Waals surface area contributed by atoms with E-state index in [1.54, 1.807) is 32.6 Å². The number of rotatable bonds is 7. The largest absolute Gasteiger partial charge is 0.444 e. The normalized spacial score (nSPS) is 15.8. The average Bonchev–Trinajstić information content (AvgIpc) is 3.21. The fourth-order valence-electron chi connectivity index (χ4n) is 3.64. The molecule has 1 atom stereocenters. The SMILES string of the molecule is Cc1ccc(-c2noc(CCCN3CCN(C(=O)C(C)NC(=O)OC(C)(C)C)CC3)n2)cc1. The Morgan fingerprint density at radius 3 is 2.45 bits per heavy atom. The summed E-state index contributed by atoms with van der Waals surface area (Å²) in [6.45, 7) is 12.9. The number of hydrogen-bond acceptors (Lipinski definition) is 7. The van der Waals surface area contributed by atoms with Gasteiger partial charge in [-0.25, -0.2) is 4.79 Å². The predicted octanol–water partition coefficient (Wildman–Crippen LogP) is 3.04. The number of aryl methyl sites for hydroxylation is 2. The molecule has 1 aliphatic rings. The molecular formula is C24H35N5O4. The number of carbonyl (C=O) groups is 2. The third-order valence-electron chi connectivity index (χ3n) is 5.43. The Kier molecular flexibility index (Phi) is 8.07. The maximum atomic E-state index is 12.7. The van der Waals surface area contributed by atoms with Crippen LogP contribution in [0.3, 0.4) is 0 Å². The van der Waals surface area contributed by atoms with Gasteiger partial charge in [0.25, 0.3) is 0 Å². The van der Waals surface area contributed by atoms with E-state index in [-0.39, 0.29) is 5.91 Å². The van der Waals surface area contributed by atoms with Gasteiger partial charge >= 0.3 is 6.09 Å². The smallest absolute Gasteiger partial charge is 0.408 e. The molecule has 1 aliphatic heterocycles. The first-order valence-electron chi connectivity index (χ1n) is 11.5. The van der Waals surface area contributed by atoms with E-state index in [4.69, 9.17) is 9.26 Å². The highest BCUT2D eigenvalue weighted by Crippen LogP contribution is 2.17. The van der Waals surface area contributed by atoms with Gasteiger partial charge < -0.3 is 19.5 Å². The summed E-state index contributed by atoms with van der Waals surface area (Å²) in [6.07, 6.45) is 1.04. The van der Waals surface area contributed by atoms with Crippen molar-refractivity contribution >= 4 is 12.0 Å². The second kappa shape index (κ2) is 10.8. The van der Waals surface area contributed by atoms with Crippen LogP contribution in [0.5, 0.6) is 0 Å². The molecule has 0 saturated carbocycles.